The first-order valence-electron chi connectivity index (χ1n) is 19.1. The zero-order valence-electron chi connectivity index (χ0n) is 32.7. The maximum absolute atomic E-state index is 15.0. The van der Waals surface area contributed by atoms with Crippen molar-refractivity contribution < 1.29 is 24.2 Å². The Bertz CT molecular complexity index is 1530. The van der Waals surface area contributed by atoms with Crippen molar-refractivity contribution in [2.75, 3.05) is 33.9 Å². The van der Waals surface area contributed by atoms with Gasteiger partial charge in [-0.05, 0) is 111 Å². The third-order valence-electron chi connectivity index (χ3n) is 16.7. The minimum absolute atomic E-state index is 0.0289. The van der Waals surface area contributed by atoms with E-state index in [0.29, 0.717) is 43.4 Å². The molecule has 4 fully saturated rings. The Morgan fingerprint density at radius 2 is 1.82 bits per heavy atom. The standard InChI is InChI=1S/C40H63ClN4O5/c1-23(2)25(5)35(6)15-16-37(8)26-13-14-29-36(7)19-49-21-40(29,27(26)17-30(46)39(37,10)31(35)33(47)48)18-28(45-22-42-43-34(45)41)32(36)50-20-38(9,24(3)4)44(11)12/h17,22-26,28-29,31-32H,13-16,18-21H2,1-12H3,(H,47,48)/t25-,26+,28-,29+,31-,32+,35-,36-,37-,38?,39+,40+/m1/s1. The van der Waals surface area contributed by atoms with Gasteiger partial charge in [-0.1, -0.05) is 67.9 Å². The molecule has 0 aromatic carbocycles. The van der Waals surface area contributed by atoms with Gasteiger partial charge in [0.15, 0.2) is 5.78 Å². The minimum atomic E-state index is -1.03. The van der Waals surface area contributed by atoms with Gasteiger partial charge in [0.1, 0.15) is 6.33 Å². The Morgan fingerprint density at radius 3 is 2.38 bits per heavy atom. The average Bonchev–Trinajstić information content (AvgIpc) is 3.46. The molecule has 12 atom stereocenters. The highest BCUT2D eigenvalue weighted by Crippen LogP contribution is 2.75. The van der Waals surface area contributed by atoms with Crippen LogP contribution in [0.25, 0.3) is 0 Å². The third-order valence-corrected chi connectivity index (χ3v) is 16.9. The zero-order chi connectivity index (χ0) is 37.0. The Kier molecular flexibility index (Phi) is 9.39. The summed E-state index contributed by atoms with van der Waals surface area (Å²) in [7, 11) is 4.23. The van der Waals surface area contributed by atoms with Gasteiger partial charge in [0.25, 0.3) is 0 Å². The van der Waals surface area contributed by atoms with E-state index in [9.17, 15) is 9.90 Å². The molecule has 1 aromatic heterocycles. The molecule has 1 unspecified atom stereocenters. The number of nitrogens with zero attached hydrogens (tertiary/aromatic N) is 4. The highest BCUT2D eigenvalue weighted by atomic mass is 35.5. The van der Waals surface area contributed by atoms with Crippen molar-refractivity contribution in [2.24, 2.45) is 62.6 Å². The summed E-state index contributed by atoms with van der Waals surface area (Å²) in [6, 6.07) is -0.176. The van der Waals surface area contributed by atoms with Crippen LogP contribution in [0.1, 0.15) is 107 Å². The smallest absolute Gasteiger partial charge is 0.308 e. The molecule has 0 spiro atoms. The third kappa shape index (κ3) is 4.94. The van der Waals surface area contributed by atoms with Crippen molar-refractivity contribution in [1.29, 1.82) is 0 Å². The molecule has 1 aliphatic heterocycles. The van der Waals surface area contributed by atoms with Crippen LogP contribution < -0.4 is 0 Å². The number of halogens is 1. The number of hydrogen-bond donors (Lipinski definition) is 1. The molecule has 1 aromatic rings. The molecule has 3 saturated carbocycles. The van der Waals surface area contributed by atoms with E-state index in [-0.39, 0.29) is 46.6 Å². The second-order valence-corrected chi connectivity index (χ2v) is 19.5. The van der Waals surface area contributed by atoms with Crippen molar-refractivity contribution >= 4 is 23.4 Å². The summed E-state index contributed by atoms with van der Waals surface area (Å²) in [5.41, 5.74) is -1.88. The molecule has 50 heavy (non-hydrogen) atoms. The lowest BCUT2D eigenvalue weighted by atomic mass is 9.34. The number of fused-ring (bicyclic) bond motifs is 3. The van der Waals surface area contributed by atoms with Gasteiger partial charge in [0, 0.05) is 21.8 Å². The van der Waals surface area contributed by atoms with Gasteiger partial charge in [-0.15, -0.1) is 10.2 Å². The molecule has 0 amide bonds. The van der Waals surface area contributed by atoms with Gasteiger partial charge in [-0.2, -0.15) is 0 Å². The predicted octanol–water partition coefficient (Wildman–Crippen LogP) is 7.60. The number of carboxylic acid groups (broad SMARTS) is 1. The fraction of sp³-hybridized carbons (Fsp3) is 0.850. The van der Waals surface area contributed by atoms with Gasteiger partial charge in [0.05, 0.1) is 37.9 Å². The SMILES string of the molecule is CC(C)[C@@H](C)[C@@]1(C)CC[C@]2(C)[C@H]3CC[C@@H]4[C@@]5(COC[C@@]4(C)[C@@H](OCC(C)(C(C)C)N(C)C)[C@H](n4cnnc4Cl)C5)C3=CC(=O)[C@@]2(C)[C@@H]1C(=O)O. The van der Waals surface area contributed by atoms with Gasteiger partial charge in [-0.3, -0.25) is 14.2 Å². The second kappa shape index (κ2) is 12.4. The number of hydrogen-bond acceptors (Lipinski definition) is 7. The van der Waals surface area contributed by atoms with E-state index in [1.54, 1.807) is 6.33 Å². The van der Waals surface area contributed by atoms with Crippen LogP contribution >= 0.6 is 11.6 Å². The van der Waals surface area contributed by atoms with E-state index in [1.165, 1.54) is 5.57 Å². The van der Waals surface area contributed by atoms with E-state index in [4.69, 9.17) is 21.1 Å². The summed E-state index contributed by atoms with van der Waals surface area (Å²) in [6.45, 7) is 23.6. The molecule has 2 bridgehead atoms. The molecule has 5 aliphatic rings. The van der Waals surface area contributed by atoms with Crippen LogP contribution in [-0.4, -0.2) is 82.1 Å². The molecule has 6 rings (SSSR count). The maximum Gasteiger partial charge on any atom is 0.308 e. The van der Waals surface area contributed by atoms with Crippen LogP contribution in [0.15, 0.2) is 18.0 Å². The van der Waals surface area contributed by atoms with Gasteiger partial charge in [0.2, 0.25) is 5.28 Å². The van der Waals surface area contributed by atoms with Crippen LogP contribution in [0, 0.1) is 62.6 Å². The Labute approximate surface area is 305 Å². The van der Waals surface area contributed by atoms with Gasteiger partial charge < -0.3 is 19.5 Å². The van der Waals surface area contributed by atoms with Crippen molar-refractivity contribution in [3.8, 4) is 0 Å². The number of carbonyl (C=O) groups is 2. The number of likely N-dealkylation sites (N-methyl/N-ethyl adjacent to an activating group) is 1. The van der Waals surface area contributed by atoms with E-state index >= 15 is 4.79 Å². The molecule has 280 valence electrons. The summed E-state index contributed by atoms with van der Waals surface area (Å²) in [6.07, 6.45) is 7.59. The number of rotatable bonds is 9. The molecular formula is C40H63ClN4O5. The van der Waals surface area contributed by atoms with E-state index in [2.05, 4.69) is 91.5 Å². The fourth-order valence-electron chi connectivity index (χ4n) is 12.5. The van der Waals surface area contributed by atoms with Gasteiger partial charge in [-0.25, -0.2) is 0 Å². The molecule has 0 radical (unpaired) electrons. The van der Waals surface area contributed by atoms with E-state index in [1.807, 2.05) is 17.6 Å². The lowest BCUT2D eigenvalue weighted by Crippen LogP contribution is -2.70. The van der Waals surface area contributed by atoms with Crippen LogP contribution in [0.4, 0.5) is 0 Å². The van der Waals surface area contributed by atoms with Crippen molar-refractivity contribution in [1.82, 2.24) is 19.7 Å². The predicted molar refractivity (Wildman–Crippen MR) is 195 cm³/mol. The number of aromatic nitrogens is 3. The van der Waals surface area contributed by atoms with Crippen molar-refractivity contribution in [3.05, 3.63) is 23.3 Å². The van der Waals surface area contributed by atoms with Crippen molar-refractivity contribution in [2.45, 2.75) is 119 Å². The fourth-order valence-corrected chi connectivity index (χ4v) is 12.7. The number of ketones is 1. The minimum Gasteiger partial charge on any atom is -0.481 e. The summed E-state index contributed by atoms with van der Waals surface area (Å²) in [5.74, 6) is -0.547. The Balaban J connectivity index is 1.48. The number of carboxylic acids is 1. The molecule has 1 N–H and O–H groups in total. The van der Waals surface area contributed by atoms with Gasteiger partial charge >= 0.3 is 5.97 Å². The quantitative estimate of drug-likeness (QED) is 0.279. The number of ether oxygens (including phenoxy) is 2. The normalized spacial score (nSPS) is 43.2. The lowest BCUT2D eigenvalue weighted by molar-refractivity contribution is -0.252. The molecule has 2 heterocycles. The van der Waals surface area contributed by atoms with Crippen molar-refractivity contribution in [3.63, 3.8) is 0 Å². The largest absolute Gasteiger partial charge is 0.481 e. The number of aliphatic carboxylic acids is 1. The zero-order valence-corrected chi connectivity index (χ0v) is 33.4. The summed E-state index contributed by atoms with van der Waals surface area (Å²) >= 11 is 6.79. The molecular weight excluding hydrogens is 652 g/mol. The monoisotopic (exact) mass is 714 g/mol. The second-order valence-electron chi connectivity index (χ2n) is 19.1. The molecule has 10 heteroatoms. The highest BCUT2D eigenvalue weighted by molar-refractivity contribution is 6.28. The summed E-state index contributed by atoms with van der Waals surface area (Å²) in [4.78, 5) is 30.8. The van der Waals surface area contributed by atoms with Crippen LogP contribution in [0.2, 0.25) is 5.28 Å². The average molecular weight is 715 g/mol. The van der Waals surface area contributed by atoms with E-state index in [0.717, 1.165) is 25.7 Å². The molecule has 4 aliphatic carbocycles. The summed E-state index contributed by atoms with van der Waals surface area (Å²) in [5, 5.41) is 19.8. The molecule has 1 saturated heterocycles. The first-order valence-corrected chi connectivity index (χ1v) is 19.5. The first-order chi connectivity index (χ1) is 23.2. The van der Waals surface area contributed by atoms with E-state index < -0.39 is 33.5 Å². The van der Waals surface area contributed by atoms with Crippen LogP contribution in [0.3, 0.4) is 0 Å². The van der Waals surface area contributed by atoms with Crippen LogP contribution in [-0.2, 0) is 19.1 Å². The number of carbonyl (C=O) groups excluding carboxylic acids is 1. The highest BCUT2D eigenvalue weighted by Gasteiger charge is 2.74. The lowest BCUT2D eigenvalue weighted by Gasteiger charge is -2.70. The maximum atomic E-state index is 15.0. The Morgan fingerprint density at radius 1 is 1.14 bits per heavy atom. The first kappa shape index (κ1) is 37.9. The topological polar surface area (TPSA) is 107 Å². The Hall–Kier alpha value is -1.81. The number of allylic oxidation sites excluding steroid dienone is 1. The molecule has 9 nitrogen and oxygen atoms in total. The summed E-state index contributed by atoms with van der Waals surface area (Å²) < 4.78 is 15.8. The van der Waals surface area contributed by atoms with Crippen LogP contribution in [0.5, 0.6) is 0 Å².